The molecule has 0 unspecified atom stereocenters. The van der Waals surface area contributed by atoms with E-state index in [4.69, 9.17) is 0 Å². The summed E-state index contributed by atoms with van der Waals surface area (Å²) in [6.07, 6.45) is 0. The molecular formula is C22H20N4O3. The van der Waals surface area contributed by atoms with Gasteiger partial charge in [-0.05, 0) is 60.7 Å². The molecule has 0 aliphatic rings. The molecule has 4 amide bonds. The van der Waals surface area contributed by atoms with E-state index >= 15 is 0 Å². The van der Waals surface area contributed by atoms with Crippen molar-refractivity contribution in [3.8, 4) is 0 Å². The zero-order chi connectivity index (χ0) is 20.6. The Bertz CT molecular complexity index is 1000. The first-order valence-corrected chi connectivity index (χ1v) is 8.92. The molecule has 0 heterocycles. The van der Waals surface area contributed by atoms with Gasteiger partial charge >= 0.3 is 6.03 Å². The zero-order valence-electron chi connectivity index (χ0n) is 15.7. The number of nitrogens with one attached hydrogen (secondary N) is 4. The van der Waals surface area contributed by atoms with Crippen LogP contribution in [0.4, 0.5) is 21.9 Å². The second-order valence-electron chi connectivity index (χ2n) is 6.13. The van der Waals surface area contributed by atoms with Crippen LogP contribution in [0.3, 0.4) is 0 Å². The predicted octanol–water partition coefficient (Wildman–Crippen LogP) is 3.94. The van der Waals surface area contributed by atoms with Crippen molar-refractivity contribution in [2.75, 3.05) is 23.0 Å². The van der Waals surface area contributed by atoms with E-state index in [0.717, 1.165) is 0 Å². The van der Waals surface area contributed by atoms with Crippen LogP contribution in [-0.4, -0.2) is 24.9 Å². The molecule has 0 saturated carbocycles. The quantitative estimate of drug-likeness (QED) is 0.533. The Hall–Kier alpha value is -4.13. The molecule has 146 valence electrons. The van der Waals surface area contributed by atoms with E-state index in [9.17, 15) is 14.4 Å². The Labute approximate surface area is 168 Å². The lowest BCUT2D eigenvalue weighted by molar-refractivity contribution is 0.0962. The number of hydrogen-bond acceptors (Lipinski definition) is 3. The number of benzene rings is 3. The standard InChI is InChI=1S/C22H20N4O3/c1-23-20(27)15-7-11-18(12-8-15)24-21(28)16-9-13-19(14-10-16)26-22(29)25-17-5-3-2-4-6-17/h2-14H,1H3,(H,23,27)(H,24,28)(H2,25,26,29). The highest BCUT2D eigenvalue weighted by Gasteiger charge is 2.08. The van der Waals surface area contributed by atoms with Crippen LogP contribution in [0, 0.1) is 0 Å². The summed E-state index contributed by atoms with van der Waals surface area (Å²) in [6, 6.07) is 21.8. The molecule has 4 N–H and O–H groups in total. The van der Waals surface area contributed by atoms with Gasteiger partial charge in [0.2, 0.25) is 0 Å². The van der Waals surface area contributed by atoms with Crippen molar-refractivity contribution in [2.24, 2.45) is 0 Å². The van der Waals surface area contributed by atoms with Gasteiger partial charge in [-0.3, -0.25) is 9.59 Å². The maximum atomic E-state index is 12.4. The molecule has 0 aliphatic carbocycles. The molecule has 0 fully saturated rings. The summed E-state index contributed by atoms with van der Waals surface area (Å²) in [5, 5.41) is 10.7. The Morgan fingerprint density at radius 3 is 1.52 bits per heavy atom. The number of anilines is 3. The van der Waals surface area contributed by atoms with Gasteiger partial charge in [0.1, 0.15) is 0 Å². The molecule has 0 radical (unpaired) electrons. The molecular weight excluding hydrogens is 368 g/mol. The van der Waals surface area contributed by atoms with E-state index in [1.54, 1.807) is 67.7 Å². The van der Waals surface area contributed by atoms with Gasteiger partial charge in [0, 0.05) is 35.2 Å². The van der Waals surface area contributed by atoms with Crippen LogP contribution in [0.5, 0.6) is 0 Å². The summed E-state index contributed by atoms with van der Waals surface area (Å²) in [5.41, 5.74) is 2.77. The Kier molecular flexibility index (Phi) is 6.22. The number of urea groups is 1. The molecule has 0 aliphatic heterocycles. The van der Waals surface area contributed by atoms with Crippen LogP contribution in [0.1, 0.15) is 20.7 Å². The molecule has 7 nitrogen and oxygen atoms in total. The minimum absolute atomic E-state index is 0.192. The summed E-state index contributed by atoms with van der Waals surface area (Å²) in [5.74, 6) is -0.486. The predicted molar refractivity (Wildman–Crippen MR) is 113 cm³/mol. The van der Waals surface area contributed by atoms with Gasteiger partial charge in [-0.15, -0.1) is 0 Å². The fourth-order valence-corrected chi connectivity index (χ4v) is 2.57. The highest BCUT2D eigenvalue weighted by molar-refractivity contribution is 6.05. The normalized spacial score (nSPS) is 9.97. The molecule has 7 heteroatoms. The molecule has 0 spiro atoms. The Morgan fingerprint density at radius 1 is 0.552 bits per heavy atom. The van der Waals surface area contributed by atoms with Crippen LogP contribution in [0.2, 0.25) is 0 Å². The van der Waals surface area contributed by atoms with Crippen LogP contribution in [-0.2, 0) is 0 Å². The fraction of sp³-hybridized carbons (Fsp3) is 0.0455. The first kappa shape index (κ1) is 19.6. The van der Waals surface area contributed by atoms with Crippen LogP contribution < -0.4 is 21.3 Å². The van der Waals surface area contributed by atoms with Crippen molar-refractivity contribution >= 4 is 34.9 Å². The number of carbonyl (C=O) groups excluding carboxylic acids is 3. The number of carbonyl (C=O) groups is 3. The molecule has 3 rings (SSSR count). The van der Waals surface area contributed by atoms with Crippen molar-refractivity contribution in [1.82, 2.24) is 5.32 Å². The topological polar surface area (TPSA) is 99.3 Å². The maximum absolute atomic E-state index is 12.4. The van der Waals surface area contributed by atoms with Gasteiger partial charge < -0.3 is 21.3 Å². The van der Waals surface area contributed by atoms with Gasteiger partial charge in [0.25, 0.3) is 11.8 Å². The third-order valence-corrected chi connectivity index (χ3v) is 4.07. The second kappa shape index (κ2) is 9.18. The average molecular weight is 388 g/mol. The third kappa shape index (κ3) is 5.43. The van der Waals surface area contributed by atoms with E-state index in [-0.39, 0.29) is 17.8 Å². The van der Waals surface area contributed by atoms with Gasteiger partial charge in [-0.25, -0.2) is 4.79 Å². The van der Waals surface area contributed by atoms with Crippen LogP contribution >= 0.6 is 0 Å². The van der Waals surface area contributed by atoms with Crippen LogP contribution in [0.15, 0.2) is 78.9 Å². The van der Waals surface area contributed by atoms with Gasteiger partial charge in [-0.2, -0.15) is 0 Å². The lowest BCUT2D eigenvalue weighted by atomic mass is 10.1. The lowest BCUT2D eigenvalue weighted by Crippen LogP contribution is -2.19. The number of amides is 4. The monoisotopic (exact) mass is 388 g/mol. The maximum Gasteiger partial charge on any atom is 0.323 e. The van der Waals surface area contributed by atoms with E-state index < -0.39 is 0 Å². The smallest absolute Gasteiger partial charge is 0.323 e. The second-order valence-corrected chi connectivity index (χ2v) is 6.13. The Balaban J connectivity index is 1.57. The third-order valence-electron chi connectivity index (χ3n) is 4.07. The first-order valence-electron chi connectivity index (χ1n) is 8.92. The number of hydrogen-bond donors (Lipinski definition) is 4. The highest BCUT2D eigenvalue weighted by atomic mass is 16.2. The van der Waals surface area contributed by atoms with Gasteiger partial charge in [0.05, 0.1) is 0 Å². The molecule has 29 heavy (non-hydrogen) atoms. The average Bonchev–Trinajstić information content (AvgIpc) is 2.75. The summed E-state index contributed by atoms with van der Waals surface area (Å²) < 4.78 is 0. The Morgan fingerprint density at radius 2 is 1.00 bits per heavy atom. The number of para-hydroxylation sites is 1. The highest BCUT2D eigenvalue weighted by Crippen LogP contribution is 2.14. The minimum atomic E-state index is -0.371. The summed E-state index contributed by atoms with van der Waals surface area (Å²) in [7, 11) is 1.56. The summed E-state index contributed by atoms with van der Waals surface area (Å²) in [6.45, 7) is 0. The molecule has 0 aromatic heterocycles. The molecule has 0 bridgehead atoms. The zero-order valence-corrected chi connectivity index (χ0v) is 15.7. The molecule has 3 aromatic carbocycles. The lowest BCUT2D eigenvalue weighted by Gasteiger charge is -2.09. The molecule has 3 aromatic rings. The SMILES string of the molecule is CNC(=O)c1ccc(NC(=O)c2ccc(NC(=O)Nc3ccccc3)cc2)cc1. The summed E-state index contributed by atoms with van der Waals surface area (Å²) >= 11 is 0. The van der Waals surface area contributed by atoms with E-state index in [2.05, 4.69) is 21.3 Å². The van der Waals surface area contributed by atoms with Crippen molar-refractivity contribution in [2.45, 2.75) is 0 Å². The molecule has 0 saturated heterocycles. The minimum Gasteiger partial charge on any atom is -0.355 e. The number of rotatable bonds is 5. The van der Waals surface area contributed by atoms with Gasteiger partial charge in [-0.1, -0.05) is 18.2 Å². The largest absolute Gasteiger partial charge is 0.355 e. The van der Waals surface area contributed by atoms with Gasteiger partial charge in [0.15, 0.2) is 0 Å². The van der Waals surface area contributed by atoms with Crippen molar-refractivity contribution in [1.29, 1.82) is 0 Å². The van der Waals surface area contributed by atoms with Crippen LogP contribution in [0.25, 0.3) is 0 Å². The van der Waals surface area contributed by atoms with E-state index in [0.29, 0.717) is 28.2 Å². The first-order chi connectivity index (χ1) is 14.0. The summed E-state index contributed by atoms with van der Waals surface area (Å²) in [4.78, 5) is 35.9. The fourth-order valence-electron chi connectivity index (χ4n) is 2.57. The van der Waals surface area contributed by atoms with E-state index in [1.807, 2.05) is 18.2 Å². The van der Waals surface area contributed by atoms with Crippen molar-refractivity contribution < 1.29 is 14.4 Å². The van der Waals surface area contributed by atoms with Crippen molar-refractivity contribution in [3.05, 3.63) is 90.0 Å². The molecule has 0 atom stereocenters. The van der Waals surface area contributed by atoms with Crippen molar-refractivity contribution in [3.63, 3.8) is 0 Å². The van der Waals surface area contributed by atoms with E-state index in [1.165, 1.54) is 0 Å².